The lowest BCUT2D eigenvalue weighted by Crippen LogP contribution is -2.64. The molecule has 0 aromatic carbocycles. The van der Waals surface area contributed by atoms with E-state index >= 15 is 0 Å². The zero-order chi connectivity index (χ0) is 22.7. The highest BCUT2D eigenvalue weighted by Crippen LogP contribution is 2.75. The lowest BCUT2D eigenvalue weighted by Gasteiger charge is -2.71. The van der Waals surface area contributed by atoms with Crippen LogP contribution in [0.1, 0.15) is 120 Å². The van der Waals surface area contributed by atoms with E-state index in [2.05, 4.69) is 61.5 Å². The standard InChI is InChI=1S/C30H50O/c1-25(2)15-16-27(5)17-18-29(7)20(21(27)19-25)9-10-23-28(6)13-12-24(31)26(3,4)22(28)11-14-30(23,29)8/h9,21-24,31H,10-19H2,1-8H3/t21-,22?,23-,24+,27-,28+,29-,30-/m1/s1. The second-order valence-electron chi connectivity index (χ2n) is 15.2. The molecule has 1 unspecified atom stereocenters. The molecule has 1 N–H and O–H groups in total. The van der Waals surface area contributed by atoms with Crippen LogP contribution in [0, 0.1) is 50.2 Å². The van der Waals surface area contributed by atoms with Crippen LogP contribution >= 0.6 is 0 Å². The molecule has 31 heavy (non-hydrogen) atoms. The number of allylic oxidation sites excluding steroid dienone is 2. The zero-order valence-electron chi connectivity index (χ0n) is 21.9. The van der Waals surface area contributed by atoms with Gasteiger partial charge in [-0.25, -0.2) is 0 Å². The van der Waals surface area contributed by atoms with Gasteiger partial charge in [-0.15, -0.1) is 0 Å². The van der Waals surface area contributed by atoms with Crippen molar-refractivity contribution in [2.45, 2.75) is 126 Å². The van der Waals surface area contributed by atoms with Crippen LogP contribution in [0.2, 0.25) is 0 Å². The molecular formula is C30H50O. The van der Waals surface area contributed by atoms with Crippen molar-refractivity contribution in [2.75, 3.05) is 0 Å². The van der Waals surface area contributed by atoms with Gasteiger partial charge >= 0.3 is 0 Å². The van der Waals surface area contributed by atoms with Gasteiger partial charge in [0, 0.05) is 0 Å². The Morgan fingerprint density at radius 2 is 1.45 bits per heavy atom. The van der Waals surface area contributed by atoms with Crippen LogP contribution < -0.4 is 0 Å². The molecule has 0 aromatic heterocycles. The molecule has 0 radical (unpaired) electrons. The first kappa shape index (κ1) is 22.5. The van der Waals surface area contributed by atoms with Crippen molar-refractivity contribution in [2.24, 2.45) is 50.2 Å². The molecule has 5 aliphatic rings. The van der Waals surface area contributed by atoms with E-state index in [4.69, 9.17) is 0 Å². The van der Waals surface area contributed by atoms with Gasteiger partial charge in [0.2, 0.25) is 0 Å². The van der Waals surface area contributed by atoms with E-state index in [1.807, 2.05) is 5.57 Å². The number of hydrogen-bond donors (Lipinski definition) is 1. The Morgan fingerprint density at radius 1 is 0.774 bits per heavy atom. The third-order valence-corrected chi connectivity index (χ3v) is 13.0. The molecule has 1 nitrogen and oxygen atoms in total. The summed E-state index contributed by atoms with van der Waals surface area (Å²) in [5, 5.41) is 10.9. The predicted molar refractivity (Wildman–Crippen MR) is 131 cm³/mol. The van der Waals surface area contributed by atoms with Crippen molar-refractivity contribution in [3.8, 4) is 0 Å². The number of aliphatic hydroxyl groups is 1. The molecule has 0 spiro atoms. The maximum absolute atomic E-state index is 10.9. The largest absolute Gasteiger partial charge is 0.393 e. The van der Waals surface area contributed by atoms with Gasteiger partial charge in [-0.1, -0.05) is 67.0 Å². The van der Waals surface area contributed by atoms with Crippen molar-refractivity contribution in [3.05, 3.63) is 11.6 Å². The normalized spacial score (nSPS) is 55.2. The lowest BCUT2D eigenvalue weighted by atomic mass is 9.33. The SMILES string of the molecule is CC1(C)CC[C@]2(C)CC[C@]3(C)C(=CC[C@@H]4[C@@]5(C)CC[C@H](O)C(C)(C)C5CC[C@]43C)[C@H]2C1. The quantitative estimate of drug-likeness (QED) is 0.387. The summed E-state index contributed by atoms with van der Waals surface area (Å²) in [7, 11) is 0. The Bertz CT molecular complexity index is 790. The van der Waals surface area contributed by atoms with Gasteiger partial charge in [0.15, 0.2) is 0 Å². The highest BCUT2D eigenvalue weighted by Gasteiger charge is 2.67. The summed E-state index contributed by atoms with van der Waals surface area (Å²) < 4.78 is 0. The fraction of sp³-hybridized carbons (Fsp3) is 0.933. The summed E-state index contributed by atoms with van der Waals surface area (Å²) in [5.41, 5.74) is 4.09. The topological polar surface area (TPSA) is 20.2 Å². The minimum Gasteiger partial charge on any atom is -0.393 e. The number of aliphatic hydroxyl groups excluding tert-OH is 1. The first-order valence-electron chi connectivity index (χ1n) is 13.6. The molecule has 4 fully saturated rings. The van der Waals surface area contributed by atoms with Crippen LogP contribution in [0.3, 0.4) is 0 Å². The van der Waals surface area contributed by atoms with E-state index in [0.717, 1.165) is 18.3 Å². The molecule has 0 saturated heterocycles. The predicted octanol–water partition coefficient (Wildman–Crippen LogP) is 8.17. The van der Waals surface area contributed by atoms with Gasteiger partial charge < -0.3 is 5.11 Å². The highest BCUT2D eigenvalue weighted by molar-refractivity contribution is 5.33. The van der Waals surface area contributed by atoms with Crippen molar-refractivity contribution in [3.63, 3.8) is 0 Å². The number of rotatable bonds is 0. The second-order valence-corrected chi connectivity index (χ2v) is 15.2. The van der Waals surface area contributed by atoms with Crippen molar-refractivity contribution in [1.29, 1.82) is 0 Å². The van der Waals surface area contributed by atoms with Gasteiger partial charge in [0.25, 0.3) is 0 Å². The molecule has 8 atom stereocenters. The molecule has 4 saturated carbocycles. The molecule has 0 bridgehead atoms. The third-order valence-electron chi connectivity index (χ3n) is 13.0. The van der Waals surface area contributed by atoms with Gasteiger partial charge in [-0.05, 0) is 114 Å². The van der Waals surface area contributed by atoms with Crippen LogP contribution in [-0.2, 0) is 0 Å². The summed E-state index contributed by atoms with van der Waals surface area (Å²) in [6.07, 6.45) is 15.9. The van der Waals surface area contributed by atoms with Crippen LogP contribution in [-0.4, -0.2) is 11.2 Å². The fourth-order valence-electron chi connectivity index (χ4n) is 10.5. The first-order valence-corrected chi connectivity index (χ1v) is 13.6. The van der Waals surface area contributed by atoms with Gasteiger partial charge in [0.05, 0.1) is 6.10 Å². The van der Waals surface area contributed by atoms with Crippen LogP contribution in [0.25, 0.3) is 0 Å². The molecule has 0 heterocycles. The van der Waals surface area contributed by atoms with Gasteiger partial charge in [-0.2, -0.15) is 0 Å². The number of hydrogen-bond acceptors (Lipinski definition) is 1. The molecule has 1 heteroatoms. The molecule has 0 aliphatic heterocycles. The summed E-state index contributed by atoms with van der Waals surface area (Å²) in [6.45, 7) is 20.4. The van der Waals surface area contributed by atoms with Gasteiger partial charge in [-0.3, -0.25) is 0 Å². The first-order chi connectivity index (χ1) is 14.2. The maximum Gasteiger partial charge on any atom is 0.0594 e. The molecule has 0 amide bonds. The van der Waals surface area contributed by atoms with Crippen molar-refractivity contribution >= 4 is 0 Å². The van der Waals surface area contributed by atoms with E-state index in [9.17, 15) is 5.11 Å². The molecule has 0 aromatic rings. The summed E-state index contributed by atoms with van der Waals surface area (Å²) in [5.74, 6) is 2.21. The maximum atomic E-state index is 10.9. The lowest BCUT2D eigenvalue weighted by molar-refractivity contribution is -0.202. The summed E-state index contributed by atoms with van der Waals surface area (Å²) >= 11 is 0. The molecule has 176 valence electrons. The summed E-state index contributed by atoms with van der Waals surface area (Å²) in [6, 6.07) is 0. The van der Waals surface area contributed by atoms with Crippen molar-refractivity contribution in [1.82, 2.24) is 0 Å². The van der Waals surface area contributed by atoms with Crippen LogP contribution in [0.4, 0.5) is 0 Å². The van der Waals surface area contributed by atoms with Crippen LogP contribution in [0.5, 0.6) is 0 Å². The average Bonchev–Trinajstić information content (AvgIpc) is 2.67. The van der Waals surface area contributed by atoms with E-state index < -0.39 is 0 Å². The Kier molecular flexibility index (Phi) is 4.66. The minimum absolute atomic E-state index is 0.0533. The van der Waals surface area contributed by atoms with E-state index in [1.54, 1.807) is 0 Å². The Labute approximate surface area is 192 Å². The smallest absolute Gasteiger partial charge is 0.0594 e. The van der Waals surface area contributed by atoms with Gasteiger partial charge in [0.1, 0.15) is 0 Å². The number of fused-ring (bicyclic) bond motifs is 7. The molecular weight excluding hydrogens is 376 g/mol. The van der Waals surface area contributed by atoms with E-state index in [1.165, 1.54) is 57.8 Å². The second kappa shape index (κ2) is 6.43. The average molecular weight is 427 g/mol. The highest BCUT2D eigenvalue weighted by atomic mass is 16.3. The van der Waals surface area contributed by atoms with E-state index in [0.29, 0.717) is 33.0 Å². The third kappa shape index (κ3) is 2.77. The molecule has 5 rings (SSSR count). The Balaban J connectivity index is 1.57. The van der Waals surface area contributed by atoms with Crippen LogP contribution in [0.15, 0.2) is 11.6 Å². The van der Waals surface area contributed by atoms with E-state index in [-0.39, 0.29) is 11.5 Å². The van der Waals surface area contributed by atoms with Crippen molar-refractivity contribution < 1.29 is 5.11 Å². The Hall–Kier alpha value is -0.300. The molecule has 5 aliphatic carbocycles. The minimum atomic E-state index is -0.125. The Morgan fingerprint density at radius 3 is 2.16 bits per heavy atom. The monoisotopic (exact) mass is 426 g/mol. The fourth-order valence-corrected chi connectivity index (χ4v) is 10.5. The zero-order valence-corrected chi connectivity index (χ0v) is 21.9. The summed E-state index contributed by atoms with van der Waals surface area (Å²) in [4.78, 5) is 0.